The van der Waals surface area contributed by atoms with Crippen LogP contribution in [0.5, 0.6) is 0 Å². The Bertz CT molecular complexity index is 1360. The predicted molar refractivity (Wildman–Crippen MR) is 214 cm³/mol. The minimum Gasteiger partial charge on any atom is -0.459 e. The maximum absolute atomic E-state index is 14.4. The predicted octanol–water partition coefficient (Wildman–Crippen LogP) is 3.57. The van der Waals surface area contributed by atoms with Crippen LogP contribution in [0.2, 0.25) is 0 Å². The smallest absolute Gasteiger partial charge is 0.311 e. The number of hydrogen-bond acceptors (Lipinski definition) is 16. The highest BCUT2D eigenvalue weighted by molar-refractivity contribution is 5.88. The molecule has 3 rings (SSSR count). The summed E-state index contributed by atoms with van der Waals surface area (Å²) in [6.07, 6.45) is -8.45. The molecule has 0 unspecified atom stereocenters. The number of rotatable bonds is 11. The Labute approximate surface area is 346 Å². The highest BCUT2D eigenvalue weighted by Crippen LogP contribution is 2.41. The molecule has 0 aliphatic carbocycles. The van der Waals surface area contributed by atoms with Crippen molar-refractivity contribution in [3.05, 3.63) is 0 Å². The van der Waals surface area contributed by atoms with Crippen LogP contribution in [0.4, 0.5) is 0 Å². The molecule has 16 nitrogen and oxygen atoms in total. The quantitative estimate of drug-likeness (QED) is 0.134. The molecule has 0 bridgehead atoms. The fraction of sp³-hybridized carbons (Fsp3) is 0.929. The van der Waals surface area contributed by atoms with Crippen molar-refractivity contribution in [3.63, 3.8) is 0 Å². The van der Waals surface area contributed by atoms with Crippen LogP contribution >= 0.6 is 0 Å². The number of aliphatic hydroxyl groups excluding tert-OH is 2. The summed E-state index contributed by atoms with van der Waals surface area (Å²) in [6, 6.07) is -0.322. The third kappa shape index (κ3) is 11.7. The zero-order valence-electron chi connectivity index (χ0n) is 37.7. The monoisotopic (exact) mass is 833 g/mol. The average molecular weight is 833 g/mol. The number of hydrogen-bond donors (Lipinski definition) is 4. The van der Waals surface area contributed by atoms with E-state index in [4.69, 9.17) is 38.0 Å². The van der Waals surface area contributed by atoms with Gasteiger partial charge in [0.25, 0.3) is 0 Å². The Hall–Kier alpha value is -1.99. The molecule has 3 fully saturated rings. The number of carbonyl (C=O) groups is 2. The number of cyclic esters (lactones) is 1. The summed E-state index contributed by atoms with van der Waals surface area (Å²) in [5.41, 5.74) is -4.34. The molecular weight excluding hydrogens is 756 g/mol. The first-order chi connectivity index (χ1) is 26.9. The van der Waals surface area contributed by atoms with Gasteiger partial charge < -0.3 is 63.3 Å². The van der Waals surface area contributed by atoms with E-state index >= 15 is 0 Å². The number of carbonyl (C=O) groups excluding carboxylic acids is 2. The molecule has 0 saturated carbocycles. The van der Waals surface area contributed by atoms with Crippen LogP contribution in [-0.2, 0) is 47.6 Å². The molecule has 0 radical (unpaired) electrons. The van der Waals surface area contributed by atoms with Crippen molar-refractivity contribution in [2.45, 2.75) is 199 Å². The van der Waals surface area contributed by atoms with E-state index < -0.39 is 108 Å². The number of aliphatic hydroxyl groups is 4. The van der Waals surface area contributed by atoms with Crippen LogP contribution in [0, 0.1) is 23.7 Å². The van der Waals surface area contributed by atoms with Gasteiger partial charge in [-0.25, -0.2) is 0 Å². The first-order valence-corrected chi connectivity index (χ1v) is 21.1. The molecule has 0 spiro atoms. The van der Waals surface area contributed by atoms with Crippen molar-refractivity contribution >= 4 is 17.7 Å². The van der Waals surface area contributed by atoms with E-state index in [9.17, 15) is 30.0 Å². The molecule has 338 valence electrons. The van der Waals surface area contributed by atoms with Crippen LogP contribution in [0.3, 0.4) is 0 Å². The topological polar surface area (TPSA) is 204 Å². The third-order valence-electron chi connectivity index (χ3n) is 12.6. The van der Waals surface area contributed by atoms with Crippen molar-refractivity contribution in [1.29, 1.82) is 0 Å². The Morgan fingerprint density at radius 1 is 0.948 bits per heavy atom. The highest BCUT2D eigenvalue weighted by atomic mass is 16.7. The first-order valence-electron chi connectivity index (χ1n) is 21.1. The van der Waals surface area contributed by atoms with Crippen molar-refractivity contribution in [3.8, 4) is 0 Å². The van der Waals surface area contributed by atoms with E-state index in [1.165, 1.54) is 21.0 Å². The maximum Gasteiger partial charge on any atom is 0.311 e. The van der Waals surface area contributed by atoms with E-state index in [2.05, 4.69) is 5.16 Å². The summed E-state index contributed by atoms with van der Waals surface area (Å²) < 4.78 is 43.7. The average Bonchev–Trinajstić information content (AvgIpc) is 3.13. The number of nitrogens with zero attached hydrogens (tertiary/aromatic N) is 2. The standard InChI is InChI=1S/C42H76N2O14/c1-16-18-52-43-32-22(3)20-40(10,49)36(58-39-33(46)29(44(13)14)19-23(4)53-39)25(6)34(26(7)38(48)56-30(17-2)42(12,50)35(47)24(32)5)57-31-21-41(11,51-15)37(27(8)54-31)55-28(9)45/h22-27,29-31,33-37,39,46-47,49-50H,16-21H2,1-15H3/b43-32-/t22-,23-,24+,25+,26-,27+,29+,30-,31+,33-,34+,35-,36-,37+,39+,40+,41-,42-/m1/s1. The minimum absolute atomic E-state index is 0.0104. The highest BCUT2D eigenvalue weighted by Gasteiger charge is 2.54. The molecule has 16 heteroatoms. The van der Waals surface area contributed by atoms with Crippen molar-refractivity contribution < 1.29 is 68.0 Å². The molecule has 0 aromatic carbocycles. The fourth-order valence-electron chi connectivity index (χ4n) is 9.19. The van der Waals surface area contributed by atoms with E-state index in [0.29, 0.717) is 25.2 Å². The molecule has 0 amide bonds. The van der Waals surface area contributed by atoms with Gasteiger partial charge in [0.2, 0.25) is 0 Å². The summed E-state index contributed by atoms with van der Waals surface area (Å²) in [6.45, 7) is 20.7. The van der Waals surface area contributed by atoms with Crippen LogP contribution in [-0.4, -0.2) is 155 Å². The van der Waals surface area contributed by atoms with Crippen molar-refractivity contribution in [2.24, 2.45) is 28.8 Å². The molecule has 0 aromatic rings. The fourth-order valence-corrected chi connectivity index (χ4v) is 9.19. The van der Waals surface area contributed by atoms with Gasteiger partial charge in [-0.15, -0.1) is 0 Å². The second-order valence-electron chi connectivity index (χ2n) is 18.0. The van der Waals surface area contributed by atoms with Gasteiger partial charge in [0, 0.05) is 44.2 Å². The van der Waals surface area contributed by atoms with Gasteiger partial charge in [-0.05, 0) is 81.3 Å². The van der Waals surface area contributed by atoms with Gasteiger partial charge >= 0.3 is 11.9 Å². The molecule has 3 aliphatic rings. The van der Waals surface area contributed by atoms with Crippen LogP contribution in [0.15, 0.2) is 5.16 Å². The number of methoxy groups -OCH3 is 1. The minimum atomic E-state index is -1.93. The SMILES string of the molecule is CCCO/N=C1/[C@H](C)C[C@](C)(O)[C@H](O[C@@H]2O[C@H](C)C[C@H](N(C)C)[C@H]2O)[C@@H](C)[C@H](O[C@H]2C[C@@](C)(OC)[C@@H](OC(C)=O)[C@H](C)O2)[C@@H](C)C(=O)O[C@H](CC)[C@@](C)(O)[C@H](O)[C@H]1C. The first kappa shape index (κ1) is 50.4. The van der Waals surface area contributed by atoms with Crippen LogP contribution in [0.1, 0.15) is 115 Å². The van der Waals surface area contributed by atoms with Crippen molar-refractivity contribution in [1.82, 2.24) is 4.90 Å². The Balaban J connectivity index is 2.25. The molecule has 3 heterocycles. The summed E-state index contributed by atoms with van der Waals surface area (Å²) in [5.74, 6) is -4.50. The van der Waals surface area contributed by atoms with Gasteiger partial charge in [0.15, 0.2) is 18.7 Å². The van der Waals surface area contributed by atoms with Gasteiger partial charge in [-0.1, -0.05) is 39.8 Å². The summed E-state index contributed by atoms with van der Waals surface area (Å²) in [4.78, 5) is 34.0. The van der Waals surface area contributed by atoms with Gasteiger partial charge in [-0.2, -0.15) is 0 Å². The lowest BCUT2D eigenvalue weighted by molar-refractivity contribution is -0.318. The molecule has 3 saturated heterocycles. The molecule has 18 atom stereocenters. The maximum atomic E-state index is 14.4. The number of likely N-dealkylation sites (N-methyl/N-ethyl adjacent to an activating group) is 1. The third-order valence-corrected chi connectivity index (χ3v) is 12.6. The second-order valence-corrected chi connectivity index (χ2v) is 18.0. The lowest BCUT2D eigenvalue weighted by atomic mass is 9.73. The zero-order valence-corrected chi connectivity index (χ0v) is 37.7. The largest absolute Gasteiger partial charge is 0.459 e. The lowest BCUT2D eigenvalue weighted by Gasteiger charge is -2.49. The van der Waals surface area contributed by atoms with E-state index in [1.54, 1.807) is 48.5 Å². The number of oxime groups is 1. The normalized spacial score (nSPS) is 45.7. The van der Waals surface area contributed by atoms with Gasteiger partial charge in [0.1, 0.15) is 30.0 Å². The van der Waals surface area contributed by atoms with E-state index in [1.807, 2.05) is 39.8 Å². The zero-order chi connectivity index (χ0) is 44.1. The molecule has 58 heavy (non-hydrogen) atoms. The van der Waals surface area contributed by atoms with Gasteiger partial charge in [0.05, 0.1) is 47.8 Å². The second kappa shape index (κ2) is 20.7. The Morgan fingerprint density at radius 3 is 2.14 bits per heavy atom. The molecular formula is C42H76N2O14. The summed E-state index contributed by atoms with van der Waals surface area (Å²) in [5, 5.41) is 52.6. The van der Waals surface area contributed by atoms with Crippen LogP contribution < -0.4 is 0 Å². The molecule has 3 aliphatic heterocycles. The van der Waals surface area contributed by atoms with Gasteiger partial charge in [-0.3, -0.25) is 9.59 Å². The van der Waals surface area contributed by atoms with Crippen LogP contribution in [0.25, 0.3) is 0 Å². The molecule has 4 N–H and O–H groups in total. The summed E-state index contributed by atoms with van der Waals surface area (Å²) in [7, 11) is 5.24. The van der Waals surface area contributed by atoms with E-state index in [-0.39, 0.29) is 31.4 Å². The lowest BCUT2D eigenvalue weighted by Crippen LogP contribution is -2.61. The molecule has 0 aromatic heterocycles. The van der Waals surface area contributed by atoms with Crippen molar-refractivity contribution in [2.75, 3.05) is 27.8 Å². The summed E-state index contributed by atoms with van der Waals surface area (Å²) >= 11 is 0. The van der Waals surface area contributed by atoms with E-state index in [0.717, 1.165) is 0 Å². The number of esters is 2. The Morgan fingerprint density at radius 2 is 1.59 bits per heavy atom. The number of ether oxygens (including phenoxy) is 7. The Kier molecular flexibility index (Phi) is 18.0.